The summed E-state index contributed by atoms with van der Waals surface area (Å²) >= 11 is 0. The molecule has 35 heavy (non-hydrogen) atoms. The van der Waals surface area contributed by atoms with Gasteiger partial charge in [-0.2, -0.15) is 4.31 Å². The van der Waals surface area contributed by atoms with Gasteiger partial charge in [-0.05, 0) is 64.1 Å². The van der Waals surface area contributed by atoms with E-state index in [1.165, 1.54) is 12.1 Å². The maximum atomic E-state index is 13.6. The maximum absolute atomic E-state index is 13.6. The van der Waals surface area contributed by atoms with E-state index in [2.05, 4.69) is 4.98 Å². The summed E-state index contributed by atoms with van der Waals surface area (Å²) < 4.78 is 35.0. The predicted octanol–water partition coefficient (Wildman–Crippen LogP) is 5.26. The Balaban J connectivity index is 1.91. The number of carbonyl (C=O) groups is 1. The van der Waals surface area contributed by atoms with E-state index in [4.69, 9.17) is 9.72 Å². The van der Waals surface area contributed by atoms with Crippen molar-refractivity contribution < 1.29 is 17.9 Å². The summed E-state index contributed by atoms with van der Waals surface area (Å²) in [6, 6.07) is 15.1. The maximum Gasteiger partial charge on any atom is 0.428 e. The van der Waals surface area contributed by atoms with Gasteiger partial charge in [0, 0.05) is 17.8 Å². The largest absolute Gasteiger partial charge is 0.449 e. The zero-order chi connectivity index (χ0) is 25.3. The Morgan fingerprint density at radius 1 is 1.00 bits per heavy atom. The van der Waals surface area contributed by atoms with Crippen LogP contribution in [0.4, 0.5) is 10.5 Å². The normalized spacial score (nSPS) is 11.6. The van der Waals surface area contributed by atoms with Crippen LogP contribution in [0.25, 0.3) is 16.7 Å². The van der Waals surface area contributed by atoms with Crippen LogP contribution in [0.2, 0.25) is 0 Å². The summed E-state index contributed by atoms with van der Waals surface area (Å²) in [5, 5.41) is 0. The molecule has 4 aromatic rings. The number of carbonyl (C=O) groups excluding carboxylic acids is 1. The Labute approximate surface area is 205 Å². The third-order valence-electron chi connectivity index (χ3n) is 5.65. The average molecular weight is 493 g/mol. The number of benzene rings is 2. The number of sulfonamides is 1. The first-order chi connectivity index (χ1) is 16.7. The first-order valence-electron chi connectivity index (χ1n) is 11.4. The van der Waals surface area contributed by atoms with Gasteiger partial charge in [-0.1, -0.05) is 30.7 Å². The lowest BCUT2D eigenvalue weighted by Gasteiger charge is -2.22. The molecule has 0 spiro atoms. The van der Waals surface area contributed by atoms with Crippen molar-refractivity contribution in [2.24, 2.45) is 0 Å². The number of pyridine rings is 1. The standard InChI is InChI=1S/C26H28N4O4S/c1-6-24-28-25-19(5)27-18(4)15-23(25)29(24)20-9-8-10-21(16-20)30(26(31)34-7-2)35(32,33)22-13-11-17(3)12-14-22/h8-16H,6-7H2,1-5H3. The molecule has 1 amide bonds. The third kappa shape index (κ3) is 4.51. The fraction of sp³-hybridized carbons (Fsp3) is 0.269. The van der Waals surface area contributed by atoms with Crippen LogP contribution in [-0.2, 0) is 21.2 Å². The highest BCUT2D eigenvalue weighted by atomic mass is 32.2. The lowest BCUT2D eigenvalue weighted by atomic mass is 10.2. The van der Waals surface area contributed by atoms with Crippen molar-refractivity contribution in [2.45, 2.75) is 45.9 Å². The van der Waals surface area contributed by atoms with Crippen molar-refractivity contribution in [3.8, 4) is 5.69 Å². The van der Waals surface area contributed by atoms with E-state index in [1.807, 2.05) is 44.4 Å². The first kappa shape index (κ1) is 24.4. The van der Waals surface area contributed by atoms with Crippen molar-refractivity contribution in [1.29, 1.82) is 0 Å². The first-order valence-corrected chi connectivity index (χ1v) is 12.9. The van der Waals surface area contributed by atoms with E-state index in [0.29, 0.717) is 16.4 Å². The van der Waals surface area contributed by atoms with E-state index in [-0.39, 0.29) is 17.2 Å². The molecule has 0 saturated carbocycles. The van der Waals surface area contributed by atoms with Gasteiger partial charge in [-0.15, -0.1) is 0 Å². The van der Waals surface area contributed by atoms with Crippen LogP contribution in [-0.4, -0.2) is 35.7 Å². The molecule has 0 fully saturated rings. The summed E-state index contributed by atoms with van der Waals surface area (Å²) in [6.07, 6.45) is -0.312. The van der Waals surface area contributed by atoms with Gasteiger partial charge in [-0.25, -0.2) is 18.2 Å². The molecular formula is C26H28N4O4S. The second-order valence-corrected chi connectivity index (χ2v) is 10.0. The fourth-order valence-corrected chi connectivity index (χ4v) is 5.38. The van der Waals surface area contributed by atoms with E-state index in [0.717, 1.165) is 33.8 Å². The summed E-state index contributed by atoms with van der Waals surface area (Å²) in [5.41, 5.74) is 5.09. The van der Waals surface area contributed by atoms with Crippen molar-refractivity contribution in [1.82, 2.24) is 14.5 Å². The van der Waals surface area contributed by atoms with Gasteiger partial charge in [0.15, 0.2) is 0 Å². The Hall–Kier alpha value is -3.72. The predicted molar refractivity (Wildman–Crippen MR) is 136 cm³/mol. The molecule has 0 radical (unpaired) electrons. The SMILES string of the molecule is CCOC(=O)N(c1cccc(-n2c(CC)nc3c(C)nc(C)cc32)c1)S(=O)(=O)c1ccc(C)cc1. The van der Waals surface area contributed by atoms with Crippen LogP contribution in [0.3, 0.4) is 0 Å². The number of hydrogen-bond donors (Lipinski definition) is 0. The number of hydrogen-bond acceptors (Lipinski definition) is 6. The molecule has 0 bridgehead atoms. The molecule has 0 saturated heterocycles. The van der Waals surface area contributed by atoms with E-state index in [1.54, 1.807) is 37.3 Å². The van der Waals surface area contributed by atoms with Crippen LogP contribution in [0.15, 0.2) is 59.5 Å². The lowest BCUT2D eigenvalue weighted by molar-refractivity contribution is 0.164. The number of rotatable bonds is 6. The molecule has 0 aliphatic rings. The minimum Gasteiger partial charge on any atom is -0.449 e. The Morgan fingerprint density at radius 3 is 2.37 bits per heavy atom. The molecule has 0 aliphatic carbocycles. The van der Waals surface area contributed by atoms with Gasteiger partial charge in [0.2, 0.25) is 0 Å². The molecule has 4 rings (SSSR count). The Kier molecular flexibility index (Phi) is 6.62. The van der Waals surface area contributed by atoms with E-state index >= 15 is 0 Å². The second kappa shape index (κ2) is 9.50. The van der Waals surface area contributed by atoms with Crippen molar-refractivity contribution in [3.05, 3.63) is 77.4 Å². The minimum atomic E-state index is -4.23. The number of amides is 1. The van der Waals surface area contributed by atoms with Gasteiger partial charge in [-0.3, -0.25) is 9.55 Å². The number of aromatic nitrogens is 3. The van der Waals surface area contributed by atoms with Crippen LogP contribution in [0, 0.1) is 20.8 Å². The zero-order valence-electron chi connectivity index (χ0n) is 20.4. The molecule has 182 valence electrons. The highest BCUT2D eigenvalue weighted by molar-refractivity contribution is 7.93. The minimum absolute atomic E-state index is 0.00112. The Bertz CT molecular complexity index is 1510. The smallest absolute Gasteiger partial charge is 0.428 e. The average Bonchev–Trinajstić information content (AvgIpc) is 3.18. The van der Waals surface area contributed by atoms with Gasteiger partial charge in [0.25, 0.3) is 10.0 Å². The lowest BCUT2D eigenvalue weighted by Crippen LogP contribution is -2.37. The van der Waals surface area contributed by atoms with Crippen molar-refractivity contribution in [3.63, 3.8) is 0 Å². The summed E-state index contributed by atoms with van der Waals surface area (Å²) in [5.74, 6) is 0.803. The molecule has 0 aliphatic heterocycles. The number of fused-ring (bicyclic) bond motifs is 1. The summed E-state index contributed by atoms with van der Waals surface area (Å²) in [4.78, 5) is 22.2. The molecule has 2 aromatic carbocycles. The van der Waals surface area contributed by atoms with Gasteiger partial charge in [0.05, 0.1) is 28.4 Å². The monoisotopic (exact) mass is 492 g/mol. The Morgan fingerprint density at radius 2 is 1.71 bits per heavy atom. The number of nitrogens with zero attached hydrogens (tertiary/aromatic N) is 4. The van der Waals surface area contributed by atoms with Crippen molar-refractivity contribution >= 4 is 32.8 Å². The molecule has 0 atom stereocenters. The van der Waals surface area contributed by atoms with Gasteiger partial charge >= 0.3 is 6.09 Å². The van der Waals surface area contributed by atoms with E-state index < -0.39 is 16.1 Å². The van der Waals surface area contributed by atoms with Crippen LogP contribution >= 0.6 is 0 Å². The summed E-state index contributed by atoms with van der Waals surface area (Å²) in [7, 11) is -4.23. The van der Waals surface area contributed by atoms with E-state index in [9.17, 15) is 13.2 Å². The second-order valence-electron chi connectivity index (χ2n) is 8.24. The fourth-order valence-electron chi connectivity index (χ4n) is 4.05. The number of imidazole rings is 1. The van der Waals surface area contributed by atoms with Gasteiger partial charge in [0.1, 0.15) is 11.3 Å². The molecule has 2 aromatic heterocycles. The van der Waals surface area contributed by atoms with Crippen LogP contribution in [0.5, 0.6) is 0 Å². The van der Waals surface area contributed by atoms with Crippen LogP contribution < -0.4 is 4.31 Å². The molecule has 0 unspecified atom stereocenters. The molecule has 2 heterocycles. The third-order valence-corrected chi connectivity index (χ3v) is 7.35. The summed E-state index contributed by atoms with van der Waals surface area (Å²) in [6.45, 7) is 9.37. The molecule has 0 N–H and O–H groups in total. The highest BCUT2D eigenvalue weighted by Crippen LogP contribution is 2.30. The van der Waals surface area contributed by atoms with Crippen LogP contribution in [0.1, 0.15) is 36.6 Å². The topological polar surface area (TPSA) is 94.4 Å². The molecule has 8 nitrogen and oxygen atoms in total. The highest BCUT2D eigenvalue weighted by Gasteiger charge is 2.32. The van der Waals surface area contributed by atoms with Gasteiger partial charge < -0.3 is 4.74 Å². The number of anilines is 1. The number of ether oxygens (including phenoxy) is 1. The van der Waals surface area contributed by atoms with Crippen molar-refractivity contribution in [2.75, 3.05) is 10.9 Å². The zero-order valence-corrected chi connectivity index (χ0v) is 21.3. The molecular weight excluding hydrogens is 464 g/mol. The molecule has 9 heteroatoms. The number of aryl methyl sites for hydroxylation is 4. The quantitative estimate of drug-likeness (QED) is 0.364.